The van der Waals surface area contributed by atoms with Crippen LogP contribution in [0.1, 0.15) is 39.0 Å². The Hall–Kier alpha value is -1.38. The highest BCUT2D eigenvalue weighted by Gasteiger charge is 2.47. The lowest BCUT2D eigenvalue weighted by Gasteiger charge is -2.33. The Labute approximate surface area is 103 Å². The first-order valence-electron chi connectivity index (χ1n) is 5.99. The molecule has 0 aromatic heterocycles. The van der Waals surface area contributed by atoms with E-state index >= 15 is 0 Å². The number of Topliss-reactive ketones (excluding diaryl/α,β-unsaturated/α-hetero) is 1. The quantitative estimate of drug-likeness (QED) is 0.419. The molecule has 1 atom stereocenters. The summed E-state index contributed by atoms with van der Waals surface area (Å²) in [5.41, 5.74) is -0.136. The SMILES string of the molecule is C=CCOC(=O)C1(CC(=C)C)CCCCC1=O. The molecule has 1 unspecified atom stereocenters. The maximum atomic E-state index is 12.1. The topological polar surface area (TPSA) is 43.4 Å². The van der Waals surface area contributed by atoms with Crippen molar-refractivity contribution in [3.05, 3.63) is 24.8 Å². The van der Waals surface area contributed by atoms with E-state index in [2.05, 4.69) is 13.2 Å². The van der Waals surface area contributed by atoms with Gasteiger partial charge in [0, 0.05) is 6.42 Å². The van der Waals surface area contributed by atoms with E-state index in [-0.39, 0.29) is 12.4 Å². The van der Waals surface area contributed by atoms with Crippen molar-refractivity contribution in [3.8, 4) is 0 Å². The van der Waals surface area contributed by atoms with Gasteiger partial charge in [-0.2, -0.15) is 0 Å². The van der Waals surface area contributed by atoms with Crippen molar-refractivity contribution in [1.82, 2.24) is 0 Å². The van der Waals surface area contributed by atoms with E-state index < -0.39 is 11.4 Å². The van der Waals surface area contributed by atoms with E-state index in [0.717, 1.165) is 18.4 Å². The largest absolute Gasteiger partial charge is 0.461 e. The van der Waals surface area contributed by atoms with Crippen LogP contribution in [0, 0.1) is 5.41 Å². The molecule has 0 heterocycles. The molecule has 0 radical (unpaired) electrons. The Kier molecular flexibility index (Phi) is 4.67. The van der Waals surface area contributed by atoms with Crippen LogP contribution in [0.2, 0.25) is 0 Å². The van der Waals surface area contributed by atoms with Crippen LogP contribution in [0.5, 0.6) is 0 Å². The van der Waals surface area contributed by atoms with Gasteiger partial charge in [-0.05, 0) is 26.2 Å². The van der Waals surface area contributed by atoms with Gasteiger partial charge in [-0.15, -0.1) is 6.58 Å². The lowest BCUT2D eigenvalue weighted by atomic mass is 9.69. The second kappa shape index (κ2) is 5.80. The van der Waals surface area contributed by atoms with Crippen molar-refractivity contribution in [2.75, 3.05) is 6.61 Å². The minimum Gasteiger partial charge on any atom is -0.461 e. The molecule has 0 spiro atoms. The Morgan fingerprint density at radius 1 is 1.53 bits per heavy atom. The Balaban J connectivity index is 2.91. The molecule has 0 aromatic carbocycles. The molecule has 1 aliphatic carbocycles. The number of allylic oxidation sites excluding steroid dienone is 1. The zero-order valence-electron chi connectivity index (χ0n) is 10.5. The summed E-state index contributed by atoms with van der Waals surface area (Å²) < 4.78 is 5.09. The molecule has 0 bridgehead atoms. The summed E-state index contributed by atoms with van der Waals surface area (Å²) in [5, 5.41) is 0. The Morgan fingerprint density at radius 3 is 2.76 bits per heavy atom. The molecule has 3 nitrogen and oxygen atoms in total. The van der Waals surface area contributed by atoms with Crippen molar-refractivity contribution in [3.63, 3.8) is 0 Å². The van der Waals surface area contributed by atoms with Gasteiger partial charge in [0.2, 0.25) is 0 Å². The van der Waals surface area contributed by atoms with Crippen LogP contribution < -0.4 is 0 Å². The number of rotatable bonds is 5. The van der Waals surface area contributed by atoms with Gasteiger partial charge < -0.3 is 4.74 Å². The minimum atomic E-state index is -0.979. The number of ketones is 1. The zero-order chi connectivity index (χ0) is 12.9. The van der Waals surface area contributed by atoms with Crippen molar-refractivity contribution in [2.24, 2.45) is 5.41 Å². The summed E-state index contributed by atoms with van der Waals surface area (Å²) in [6.45, 7) is 9.31. The maximum absolute atomic E-state index is 12.1. The molecule has 1 rings (SSSR count). The molecule has 0 amide bonds. The number of hydrogen-bond donors (Lipinski definition) is 0. The van der Waals surface area contributed by atoms with Gasteiger partial charge in [-0.1, -0.05) is 24.6 Å². The highest BCUT2D eigenvalue weighted by molar-refractivity contribution is 6.04. The highest BCUT2D eigenvalue weighted by Crippen LogP contribution is 2.39. The van der Waals surface area contributed by atoms with E-state index in [1.54, 1.807) is 0 Å². The highest BCUT2D eigenvalue weighted by atomic mass is 16.5. The molecule has 1 saturated carbocycles. The first-order valence-corrected chi connectivity index (χ1v) is 5.99. The molecule has 0 aliphatic heterocycles. The summed E-state index contributed by atoms with van der Waals surface area (Å²) in [6.07, 6.45) is 4.72. The van der Waals surface area contributed by atoms with Gasteiger partial charge in [0.05, 0.1) is 0 Å². The van der Waals surface area contributed by atoms with Crippen LogP contribution in [0.3, 0.4) is 0 Å². The predicted octanol–water partition coefficient (Wildman–Crippen LogP) is 2.81. The molecule has 3 heteroatoms. The molecular weight excluding hydrogens is 216 g/mol. The summed E-state index contributed by atoms with van der Waals surface area (Å²) in [7, 11) is 0. The molecule has 0 N–H and O–H groups in total. The van der Waals surface area contributed by atoms with Crippen LogP contribution in [-0.4, -0.2) is 18.4 Å². The third-order valence-corrected chi connectivity index (χ3v) is 3.12. The average Bonchev–Trinajstić information content (AvgIpc) is 2.28. The Bertz CT molecular complexity index is 343. The van der Waals surface area contributed by atoms with Crippen molar-refractivity contribution in [2.45, 2.75) is 39.0 Å². The smallest absolute Gasteiger partial charge is 0.320 e. The minimum absolute atomic E-state index is 0.000752. The van der Waals surface area contributed by atoms with E-state index in [0.29, 0.717) is 19.3 Å². The fraction of sp³-hybridized carbons (Fsp3) is 0.571. The summed E-state index contributed by atoms with van der Waals surface area (Å²) >= 11 is 0. The number of ether oxygens (including phenoxy) is 1. The third-order valence-electron chi connectivity index (χ3n) is 3.12. The molecule has 0 aromatic rings. The van der Waals surface area contributed by atoms with Crippen LogP contribution in [-0.2, 0) is 14.3 Å². The van der Waals surface area contributed by atoms with Gasteiger partial charge in [0.25, 0.3) is 0 Å². The van der Waals surface area contributed by atoms with E-state index in [9.17, 15) is 9.59 Å². The second-order valence-corrected chi connectivity index (χ2v) is 4.73. The van der Waals surface area contributed by atoms with Gasteiger partial charge in [0.15, 0.2) is 5.78 Å². The van der Waals surface area contributed by atoms with Gasteiger partial charge in [-0.3, -0.25) is 9.59 Å². The van der Waals surface area contributed by atoms with Crippen molar-refractivity contribution in [1.29, 1.82) is 0 Å². The number of carbonyl (C=O) groups is 2. The van der Waals surface area contributed by atoms with Crippen LogP contribution >= 0.6 is 0 Å². The third kappa shape index (κ3) is 3.05. The molecule has 17 heavy (non-hydrogen) atoms. The second-order valence-electron chi connectivity index (χ2n) is 4.73. The molecule has 0 saturated heterocycles. The normalized spacial score (nSPS) is 24.2. The zero-order valence-corrected chi connectivity index (χ0v) is 10.5. The van der Waals surface area contributed by atoms with Crippen LogP contribution in [0.25, 0.3) is 0 Å². The first kappa shape index (κ1) is 13.7. The summed E-state index contributed by atoms with van der Waals surface area (Å²) in [6, 6.07) is 0. The summed E-state index contributed by atoms with van der Waals surface area (Å²) in [4.78, 5) is 24.2. The standard InChI is InChI=1S/C14H20O3/c1-4-9-17-13(16)14(10-11(2)3)8-6-5-7-12(14)15/h4H,1-2,5-10H2,3H3. The average molecular weight is 236 g/mol. The fourth-order valence-electron chi connectivity index (χ4n) is 2.35. The van der Waals surface area contributed by atoms with Gasteiger partial charge >= 0.3 is 5.97 Å². The van der Waals surface area contributed by atoms with Gasteiger partial charge in [0.1, 0.15) is 12.0 Å². The van der Waals surface area contributed by atoms with Crippen LogP contribution in [0.15, 0.2) is 24.8 Å². The molecular formula is C14H20O3. The lowest BCUT2D eigenvalue weighted by Crippen LogP contribution is -2.43. The van der Waals surface area contributed by atoms with E-state index in [1.165, 1.54) is 6.08 Å². The van der Waals surface area contributed by atoms with Crippen molar-refractivity contribution < 1.29 is 14.3 Å². The summed E-state index contributed by atoms with van der Waals surface area (Å²) in [5.74, 6) is -0.411. The number of hydrogen-bond acceptors (Lipinski definition) is 3. The fourth-order valence-corrected chi connectivity index (χ4v) is 2.35. The maximum Gasteiger partial charge on any atom is 0.320 e. The molecule has 1 aliphatic rings. The number of esters is 1. The Morgan fingerprint density at radius 2 is 2.24 bits per heavy atom. The van der Waals surface area contributed by atoms with Gasteiger partial charge in [-0.25, -0.2) is 0 Å². The first-order chi connectivity index (χ1) is 8.03. The number of carbonyl (C=O) groups excluding carboxylic acids is 2. The van der Waals surface area contributed by atoms with E-state index in [4.69, 9.17) is 4.74 Å². The predicted molar refractivity (Wildman–Crippen MR) is 66.5 cm³/mol. The van der Waals surface area contributed by atoms with Crippen LogP contribution in [0.4, 0.5) is 0 Å². The molecule has 94 valence electrons. The van der Waals surface area contributed by atoms with E-state index in [1.807, 2.05) is 6.92 Å². The monoisotopic (exact) mass is 236 g/mol. The van der Waals surface area contributed by atoms with Crippen molar-refractivity contribution >= 4 is 11.8 Å². The lowest BCUT2D eigenvalue weighted by molar-refractivity contribution is -0.161. The molecule has 1 fully saturated rings.